The van der Waals surface area contributed by atoms with Crippen LogP contribution in [0.2, 0.25) is 0 Å². The summed E-state index contributed by atoms with van der Waals surface area (Å²) >= 11 is 0. The maximum atomic E-state index is 13.6. The molecule has 20 heavy (non-hydrogen) atoms. The van der Waals surface area contributed by atoms with Gasteiger partial charge in [0.1, 0.15) is 11.6 Å². The molecule has 1 aromatic carbocycles. The summed E-state index contributed by atoms with van der Waals surface area (Å²) in [5.74, 6) is -1.07. The van der Waals surface area contributed by atoms with Crippen molar-refractivity contribution in [3.8, 4) is 0 Å². The molecule has 0 bridgehead atoms. The molecule has 0 aliphatic carbocycles. The number of nitrogens with zero attached hydrogens (tertiary/aromatic N) is 2. The second-order valence-electron chi connectivity index (χ2n) is 4.79. The van der Waals surface area contributed by atoms with Crippen LogP contribution in [-0.2, 0) is 13.1 Å². The van der Waals surface area contributed by atoms with Crippen molar-refractivity contribution in [3.05, 3.63) is 52.9 Å². The van der Waals surface area contributed by atoms with Crippen molar-refractivity contribution in [1.29, 1.82) is 0 Å². The molecule has 0 aliphatic heterocycles. The molecule has 0 saturated heterocycles. The van der Waals surface area contributed by atoms with Gasteiger partial charge in [-0.25, -0.2) is 8.78 Å². The van der Waals surface area contributed by atoms with Crippen LogP contribution in [0.25, 0.3) is 0 Å². The van der Waals surface area contributed by atoms with E-state index in [4.69, 9.17) is 0 Å². The number of nitrogens with one attached hydrogen (secondary N) is 1. The van der Waals surface area contributed by atoms with Crippen LogP contribution in [0.1, 0.15) is 30.2 Å². The third kappa shape index (κ3) is 3.22. The zero-order chi connectivity index (χ0) is 14.5. The van der Waals surface area contributed by atoms with Gasteiger partial charge in [-0.1, -0.05) is 13.0 Å². The van der Waals surface area contributed by atoms with E-state index in [1.54, 1.807) is 10.9 Å². The Morgan fingerprint density at radius 2 is 1.95 bits per heavy atom. The summed E-state index contributed by atoms with van der Waals surface area (Å²) in [6.07, 6.45) is 2.81. The predicted molar refractivity (Wildman–Crippen MR) is 74.4 cm³/mol. The molecular formula is C15H19F2N3. The van der Waals surface area contributed by atoms with Crippen LogP contribution in [0.5, 0.6) is 0 Å². The molecule has 0 radical (unpaired) electrons. The van der Waals surface area contributed by atoms with Crippen LogP contribution in [0.3, 0.4) is 0 Å². The van der Waals surface area contributed by atoms with Crippen LogP contribution in [0.15, 0.2) is 24.4 Å². The SMILES string of the molecule is CCCNCc1cnn(Cc2c(F)cccc2F)c1C. The molecule has 1 heterocycles. The first-order valence-corrected chi connectivity index (χ1v) is 6.78. The Kier molecular flexibility index (Phi) is 4.84. The molecule has 0 fully saturated rings. The zero-order valence-corrected chi connectivity index (χ0v) is 11.8. The minimum atomic E-state index is -0.537. The lowest BCUT2D eigenvalue weighted by molar-refractivity contribution is 0.529. The van der Waals surface area contributed by atoms with E-state index in [1.165, 1.54) is 18.2 Å². The Labute approximate surface area is 117 Å². The molecule has 5 heteroatoms. The van der Waals surface area contributed by atoms with Crippen molar-refractivity contribution in [2.75, 3.05) is 6.54 Å². The lowest BCUT2D eigenvalue weighted by Crippen LogP contribution is -2.14. The van der Waals surface area contributed by atoms with Gasteiger partial charge >= 0.3 is 0 Å². The van der Waals surface area contributed by atoms with Crippen LogP contribution < -0.4 is 5.32 Å². The summed E-state index contributed by atoms with van der Waals surface area (Å²) in [6, 6.07) is 3.89. The van der Waals surface area contributed by atoms with Gasteiger partial charge in [0.15, 0.2) is 0 Å². The molecule has 2 rings (SSSR count). The van der Waals surface area contributed by atoms with Gasteiger partial charge in [-0.3, -0.25) is 4.68 Å². The van der Waals surface area contributed by atoms with Gasteiger partial charge in [0, 0.05) is 23.4 Å². The van der Waals surface area contributed by atoms with E-state index >= 15 is 0 Å². The second kappa shape index (κ2) is 6.61. The van der Waals surface area contributed by atoms with E-state index in [-0.39, 0.29) is 12.1 Å². The topological polar surface area (TPSA) is 29.9 Å². The molecule has 0 unspecified atom stereocenters. The first kappa shape index (κ1) is 14.7. The lowest BCUT2D eigenvalue weighted by Gasteiger charge is -2.08. The Balaban J connectivity index is 2.14. The van der Waals surface area contributed by atoms with Crippen molar-refractivity contribution in [2.24, 2.45) is 0 Å². The number of aromatic nitrogens is 2. The van der Waals surface area contributed by atoms with E-state index in [2.05, 4.69) is 17.3 Å². The Morgan fingerprint density at radius 1 is 1.25 bits per heavy atom. The minimum Gasteiger partial charge on any atom is -0.313 e. The van der Waals surface area contributed by atoms with Gasteiger partial charge in [0.2, 0.25) is 0 Å². The minimum absolute atomic E-state index is 0.0479. The van der Waals surface area contributed by atoms with Crippen molar-refractivity contribution in [3.63, 3.8) is 0 Å². The van der Waals surface area contributed by atoms with Gasteiger partial charge in [-0.2, -0.15) is 5.10 Å². The molecule has 0 saturated carbocycles. The van der Waals surface area contributed by atoms with Crippen LogP contribution in [-0.4, -0.2) is 16.3 Å². The second-order valence-corrected chi connectivity index (χ2v) is 4.79. The Morgan fingerprint density at radius 3 is 2.60 bits per heavy atom. The molecule has 1 aromatic heterocycles. The van der Waals surface area contributed by atoms with Gasteiger partial charge in [-0.05, 0) is 32.0 Å². The first-order chi connectivity index (χ1) is 9.63. The van der Waals surface area contributed by atoms with Crippen molar-refractivity contribution < 1.29 is 8.78 Å². The lowest BCUT2D eigenvalue weighted by atomic mass is 10.2. The number of benzene rings is 1. The van der Waals surface area contributed by atoms with E-state index in [0.29, 0.717) is 0 Å². The molecule has 108 valence electrons. The highest BCUT2D eigenvalue weighted by Gasteiger charge is 2.12. The van der Waals surface area contributed by atoms with Crippen molar-refractivity contribution >= 4 is 0 Å². The monoisotopic (exact) mass is 279 g/mol. The molecule has 1 N–H and O–H groups in total. The fourth-order valence-electron chi connectivity index (χ4n) is 2.05. The van der Waals surface area contributed by atoms with E-state index < -0.39 is 11.6 Å². The molecule has 3 nitrogen and oxygen atoms in total. The predicted octanol–water partition coefficient (Wildman–Crippen LogP) is 3.02. The molecular weight excluding hydrogens is 260 g/mol. The van der Waals surface area contributed by atoms with Gasteiger partial charge in [0.05, 0.1) is 12.7 Å². The largest absolute Gasteiger partial charge is 0.313 e. The quantitative estimate of drug-likeness (QED) is 0.824. The van der Waals surface area contributed by atoms with Gasteiger partial charge in [-0.15, -0.1) is 0 Å². The maximum Gasteiger partial charge on any atom is 0.131 e. The Bertz CT molecular complexity index is 558. The average molecular weight is 279 g/mol. The molecule has 0 atom stereocenters. The highest BCUT2D eigenvalue weighted by Crippen LogP contribution is 2.15. The fraction of sp³-hybridized carbons (Fsp3) is 0.400. The standard InChI is InChI=1S/C15H19F2N3/c1-3-7-18-8-12-9-19-20(11(12)2)10-13-14(16)5-4-6-15(13)17/h4-6,9,18H,3,7-8,10H2,1-2H3. The van der Waals surface area contributed by atoms with Gasteiger partial charge in [0.25, 0.3) is 0 Å². The van der Waals surface area contributed by atoms with Gasteiger partial charge < -0.3 is 5.32 Å². The normalized spacial score (nSPS) is 11.0. The highest BCUT2D eigenvalue weighted by molar-refractivity contribution is 5.22. The number of halogens is 2. The summed E-state index contributed by atoms with van der Waals surface area (Å²) in [6.45, 7) is 5.78. The van der Waals surface area contributed by atoms with Crippen molar-refractivity contribution in [2.45, 2.75) is 33.4 Å². The first-order valence-electron chi connectivity index (χ1n) is 6.78. The molecule has 0 amide bonds. The summed E-state index contributed by atoms with van der Waals surface area (Å²) in [4.78, 5) is 0. The summed E-state index contributed by atoms with van der Waals surface area (Å²) in [5, 5.41) is 7.51. The summed E-state index contributed by atoms with van der Waals surface area (Å²) in [5.41, 5.74) is 2.03. The fourth-order valence-corrected chi connectivity index (χ4v) is 2.05. The van der Waals surface area contributed by atoms with E-state index in [0.717, 1.165) is 30.8 Å². The molecule has 0 aliphatic rings. The molecule has 2 aromatic rings. The third-order valence-electron chi connectivity index (χ3n) is 3.32. The average Bonchev–Trinajstić information content (AvgIpc) is 2.76. The Hall–Kier alpha value is -1.75. The summed E-state index contributed by atoms with van der Waals surface area (Å²) in [7, 11) is 0. The number of hydrogen-bond acceptors (Lipinski definition) is 2. The van der Waals surface area contributed by atoms with Crippen LogP contribution in [0.4, 0.5) is 8.78 Å². The summed E-state index contributed by atoms with van der Waals surface area (Å²) < 4.78 is 28.9. The smallest absolute Gasteiger partial charge is 0.131 e. The number of rotatable bonds is 6. The van der Waals surface area contributed by atoms with E-state index in [1.807, 2.05) is 6.92 Å². The zero-order valence-electron chi connectivity index (χ0n) is 11.8. The number of hydrogen-bond donors (Lipinski definition) is 1. The van der Waals surface area contributed by atoms with Crippen molar-refractivity contribution in [1.82, 2.24) is 15.1 Å². The van der Waals surface area contributed by atoms with Crippen LogP contribution in [0, 0.1) is 18.6 Å². The highest BCUT2D eigenvalue weighted by atomic mass is 19.1. The third-order valence-corrected chi connectivity index (χ3v) is 3.32. The van der Waals surface area contributed by atoms with Crippen LogP contribution >= 0.6 is 0 Å². The molecule has 0 spiro atoms. The maximum absolute atomic E-state index is 13.6. The van der Waals surface area contributed by atoms with E-state index in [9.17, 15) is 8.78 Å².